The molecule has 92 valence electrons. The van der Waals surface area contributed by atoms with Crippen LogP contribution in [0.15, 0.2) is 12.2 Å². The predicted octanol–water partition coefficient (Wildman–Crippen LogP) is 1.38. The van der Waals surface area contributed by atoms with Gasteiger partial charge in [-0.2, -0.15) is 0 Å². The molecule has 0 bridgehead atoms. The molecular formula is C12H22N2O2. The first-order valence-corrected chi connectivity index (χ1v) is 5.68. The first-order chi connectivity index (χ1) is 7.52. The predicted molar refractivity (Wildman–Crippen MR) is 65.0 cm³/mol. The molecule has 0 spiro atoms. The Morgan fingerprint density at radius 2 is 1.75 bits per heavy atom. The molecule has 0 radical (unpaired) electrons. The molecule has 4 nitrogen and oxygen atoms in total. The van der Waals surface area contributed by atoms with Gasteiger partial charge in [-0.25, -0.2) is 0 Å². The molecule has 0 fully saturated rings. The van der Waals surface area contributed by atoms with E-state index >= 15 is 0 Å². The molecule has 0 saturated heterocycles. The molecule has 0 aromatic heterocycles. The topological polar surface area (TPSA) is 58.2 Å². The molecule has 0 heterocycles. The van der Waals surface area contributed by atoms with Crippen molar-refractivity contribution in [2.24, 2.45) is 0 Å². The summed E-state index contributed by atoms with van der Waals surface area (Å²) in [5.41, 5.74) is 0.957. The number of amides is 2. The van der Waals surface area contributed by atoms with Crippen molar-refractivity contribution in [1.82, 2.24) is 10.6 Å². The standard InChI is InChI=1S/C12H22N2O2/c1-10(2)9-14-12(16)7-5-4-6-8-13-11(3)15/h1,4-9H2,2-3H3,(H,13,15)(H,14,16). The van der Waals surface area contributed by atoms with E-state index in [4.69, 9.17) is 0 Å². The van der Waals surface area contributed by atoms with Gasteiger partial charge in [0.25, 0.3) is 0 Å². The lowest BCUT2D eigenvalue weighted by Gasteiger charge is -2.04. The summed E-state index contributed by atoms with van der Waals surface area (Å²) in [4.78, 5) is 21.8. The van der Waals surface area contributed by atoms with Crippen LogP contribution in [0, 0.1) is 0 Å². The lowest BCUT2D eigenvalue weighted by atomic mass is 10.2. The van der Waals surface area contributed by atoms with Crippen molar-refractivity contribution >= 4 is 11.8 Å². The molecule has 4 heteroatoms. The van der Waals surface area contributed by atoms with Gasteiger partial charge >= 0.3 is 0 Å². The van der Waals surface area contributed by atoms with Crippen LogP contribution in [0.2, 0.25) is 0 Å². The van der Waals surface area contributed by atoms with E-state index in [0.717, 1.165) is 24.8 Å². The van der Waals surface area contributed by atoms with Crippen LogP contribution in [0.1, 0.15) is 39.5 Å². The molecule has 0 aliphatic rings. The molecule has 2 amide bonds. The maximum Gasteiger partial charge on any atom is 0.220 e. The quantitative estimate of drug-likeness (QED) is 0.485. The molecular weight excluding hydrogens is 204 g/mol. The Morgan fingerprint density at radius 1 is 1.06 bits per heavy atom. The van der Waals surface area contributed by atoms with Crippen LogP contribution in [0.5, 0.6) is 0 Å². The minimum Gasteiger partial charge on any atom is -0.356 e. The van der Waals surface area contributed by atoms with E-state index in [2.05, 4.69) is 17.2 Å². The van der Waals surface area contributed by atoms with E-state index in [1.807, 2.05) is 6.92 Å². The van der Waals surface area contributed by atoms with Crippen molar-refractivity contribution in [2.75, 3.05) is 13.1 Å². The fourth-order valence-electron chi connectivity index (χ4n) is 1.19. The summed E-state index contributed by atoms with van der Waals surface area (Å²) in [5.74, 6) is 0.0710. The summed E-state index contributed by atoms with van der Waals surface area (Å²) >= 11 is 0. The smallest absolute Gasteiger partial charge is 0.220 e. The van der Waals surface area contributed by atoms with Crippen molar-refractivity contribution in [3.05, 3.63) is 12.2 Å². The van der Waals surface area contributed by atoms with Gasteiger partial charge in [-0.05, 0) is 19.8 Å². The Balaban J connectivity index is 3.27. The van der Waals surface area contributed by atoms with Gasteiger partial charge in [-0.3, -0.25) is 9.59 Å². The molecule has 0 aliphatic carbocycles. The second-order valence-electron chi connectivity index (χ2n) is 4.03. The van der Waals surface area contributed by atoms with Gasteiger partial charge in [-0.15, -0.1) is 0 Å². The lowest BCUT2D eigenvalue weighted by Crippen LogP contribution is -2.24. The Morgan fingerprint density at radius 3 is 2.31 bits per heavy atom. The minimum absolute atomic E-state index is 0.000740. The molecule has 0 rings (SSSR count). The van der Waals surface area contributed by atoms with Crippen molar-refractivity contribution in [2.45, 2.75) is 39.5 Å². The van der Waals surface area contributed by atoms with Gasteiger partial charge in [0, 0.05) is 26.4 Å². The number of hydrogen-bond acceptors (Lipinski definition) is 2. The Hall–Kier alpha value is -1.32. The Bertz CT molecular complexity index is 249. The SMILES string of the molecule is C=C(C)CNC(=O)CCCCCNC(C)=O. The van der Waals surface area contributed by atoms with Crippen LogP contribution in [0.4, 0.5) is 0 Å². The van der Waals surface area contributed by atoms with Gasteiger partial charge in [0.2, 0.25) is 11.8 Å². The third-order valence-corrected chi connectivity index (χ3v) is 2.04. The van der Waals surface area contributed by atoms with Crippen LogP contribution in [-0.2, 0) is 9.59 Å². The summed E-state index contributed by atoms with van der Waals surface area (Å²) < 4.78 is 0. The van der Waals surface area contributed by atoms with Crippen LogP contribution >= 0.6 is 0 Å². The first kappa shape index (κ1) is 14.7. The highest BCUT2D eigenvalue weighted by molar-refractivity contribution is 5.76. The van der Waals surface area contributed by atoms with E-state index in [9.17, 15) is 9.59 Å². The number of rotatable bonds is 8. The zero-order valence-corrected chi connectivity index (χ0v) is 10.3. The number of nitrogens with one attached hydrogen (secondary N) is 2. The van der Waals surface area contributed by atoms with Crippen molar-refractivity contribution in [1.29, 1.82) is 0 Å². The van der Waals surface area contributed by atoms with E-state index in [1.54, 1.807) is 0 Å². The van der Waals surface area contributed by atoms with Crippen LogP contribution in [0.3, 0.4) is 0 Å². The Labute approximate surface area is 97.5 Å². The number of unbranched alkanes of at least 4 members (excludes halogenated alkanes) is 2. The second-order valence-corrected chi connectivity index (χ2v) is 4.03. The summed E-state index contributed by atoms with van der Waals surface area (Å²) in [6.45, 7) is 8.35. The monoisotopic (exact) mass is 226 g/mol. The average Bonchev–Trinajstić information content (AvgIpc) is 2.19. The van der Waals surface area contributed by atoms with Gasteiger partial charge in [0.1, 0.15) is 0 Å². The van der Waals surface area contributed by atoms with E-state index in [-0.39, 0.29) is 11.8 Å². The molecule has 2 N–H and O–H groups in total. The molecule has 0 aliphatic heterocycles. The average molecular weight is 226 g/mol. The number of hydrogen-bond donors (Lipinski definition) is 2. The highest BCUT2D eigenvalue weighted by Crippen LogP contribution is 1.99. The largest absolute Gasteiger partial charge is 0.356 e. The van der Waals surface area contributed by atoms with Crippen LogP contribution in [0.25, 0.3) is 0 Å². The molecule has 0 atom stereocenters. The van der Waals surface area contributed by atoms with Crippen molar-refractivity contribution in [3.63, 3.8) is 0 Å². The molecule has 0 saturated carbocycles. The molecule has 0 aromatic carbocycles. The number of carbonyl (C=O) groups is 2. The van der Waals surface area contributed by atoms with Crippen LogP contribution < -0.4 is 10.6 Å². The summed E-state index contributed by atoms with van der Waals surface area (Å²) in [6.07, 6.45) is 3.29. The maximum atomic E-state index is 11.3. The summed E-state index contributed by atoms with van der Waals surface area (Å²) in [7, 11) is 0. The van der Waals surface area contributed by atoms with Gasteiger partial charge in [0.15, 0.2) is 0 Å². The van der Waals surface area contributed by atoms with Gasteiger partial charge in [-0.1, -0.05) is 18.6 Å². The van der Waals surface area contributed by atoms with Crippen molar-refractivity contribution < 1.29 is 9.59 Å². The van der Waals surface area contributed by atoms with E-state index < -0.39 is 0 Å². The fraction of sp³-hybridized carbons (Fsp3) is 0.667. The van der Waals surface area contributed by atoms with Crippen LogP contribution in [-0.4, -0.2) is 24.9 Å². The number of carbonyl (C=O) groups excluding carboxylic acids is 2. The third kappa shape index (κ3) is 10.8. The van der Waals surface area contributed by atoms with Crippen molar-refractivity contribution in [3.8, 4) is 0 Å². The zero-order chi connectivity index (χ0) is 12.4. The second kappa shape index (κ2) is 8.95. The normalized spacial score (nSPS) is 9.62. The molecule has 16 heavy (non-hydrogen) atoms. The fourth-order valence-corrected chi connectivity index (χ4v) is 1.19. The Kier molecular flexibility index (Phi) is 8.21. The molecule has 0 aromatic rings. The lowest BCUT2D eigenvalue weighted by molar-refractivity contribution is -0.121. The zero-order valence-electron chi connectivity index (χ0n) is 10.3. The van der Waals surface area contributed by atoms with Gasteiger partial charge < -0.3 is 10.6 Å². The summed E-state index contributed by atoms with van der Waals surface area (Å²) in [6, 6.07) is 0. The first-order valence-electron chi connectivity index (χ1n) is 5.68. The summed E-state index contributed by atoms with van der Waals surface area (Å²) in [5, 5.41) is 5.51. The highest BCUT2D eigenvalue weighted by atomic mass is 16.2. The maximum absolute atomic E-state index is 11.3. The van der Waals surface area contributed by atoms with E-state index in [0.29, 0.717) is 19.5 Å². The van der Waals surface area contributed by atoms with Gasteiger partial charge in [0.05, 0.1) is 0 Å². The third-order valence-electron chi connectivity index (χ3n) is 2.04. The minimum atomic E-state index is -0.000740. The van der Waals surface area contributed by atoms with E-state index in [1.165, 1.54) is 6.92 Å². The molecule has 0 unspecified atom stereocenters. The highest BCUT2D eigenvalue weighted by Gasteiger charge is 2.00.